The molecule has 2 fully saturated rings. The van der Waals surface area contributed by atoms with Crippen LogP contribution in [0.5, 0.6) is 0 Å². The standard InChI is InChI=1S/C21H32N4O2.2ClH/c1-15-3-7-18(8-4-15)23-20(26)14-24-9-11-25(12-10-24)21(27)19-13-17(22)6-5-16(19)2;;/h5-6,13,15,18H,3-4,7-12,14,22H2,1-2H3,(H,23,26);2*1H. The van der Waals surface area contributed by atoms with E-state index in [0.717, 1.165) is 37.4 Å². The van der Waals surface area contributed by atoms with E-state index in [2.05, 4.69) is 17.1 Å². The second-order valence-electron chi connectivity index (χ2n) is 8.17. The van der Waals surface area contributed by atoms with Crippen LogP contribution in [0.3, 0.4) is 0 Å². The third kappa shape index (κ3) is 7.05. The molecule has 1 saturated heterocycles. The smallest absolute Gasteiger partial charge is 0.254 e. The predicted molar refractivity (Wildman–Crippen MR) is 122 cm³/mol. The molecule has 2 aliphatic rings. The Balaban J connectivity index is 0.00000210. The number of anilines is 1. The maximum atomic E-state index is 12.8. The van der Waals surface area contributed by atoms with Crippen molar-refractivity contribution < 1.29 is 9.59 Å². The van der Waals surface area contributed by atoms with Gasteiger partial charge in [-0.25, -0.2) is 0 Å². The fraction of sp³-hybridized carbons (Fsp3) is 0.619. The molecule has 0 unspecified atom stereocenters. The molecule has 3 N–H and O–H groups in total. The Labute approximate surface area is 186 Å². The highest BCUT2D eigenvalue weighted by Gasteiger charge is 2.25. The number of rotatable bonds is 4. The summed E-state index contributed by atoms with van der Waals surface area (Å²) in [7, 11) is 0. The summed E-state index contributed by atoms with van der Waals surface area (Å²) in [5.41, 5.74) is 8.06. The van der Waals surface area contributed by atoms with Gasteiger partial charge in [0.15, 0.2) is 0 Å². The van der Waals surface area contributed by atoms with Gasteiger partial charge < -0.3 is 16.0 Å². The van der Waals surface area contributed by atoms with Gasteiger partial charge in [0.05, 0.1) is 6.54 Å². The van der Waals surface area contributed by atoms with Crippen molar-refractivity contribution in [1.29, 1.82) is 0 Å². The minimum atomic E-state index is 0. The monoisotopic (exact) mass is 444 g/mol. The van der Waals surface area contributed by atoms with Crippen molar-refractivity contribution in [1.82, 2.24) is 15.1 Å². The molecule has 1 heterocycles. The molecule has 1 aromatic rings. The Morgan fingerprint density at radius 2 is 1.69 bits per heavy atom. The normalized spacial score (nSPS) is 22.2. The van der Waals surface area contributed by atoms with E-state index in [1.807, 2.05) is 24.0 Å². The molecule has 6 nitrogen and oxygen atoms in total. The first-order valence-electron chi connectivity index (χ1n) is 10.1. The molecule has 1 aliphatic carbocycles. The Bertz CT molecular complexity index is 685. The lowest BCUT2D eigenvalue weighted by molar-refractivity contribution is -0.123. The highest BCUT2D eigenvalue weighted by molar-refractivity contribution is 5.96. The number of amides is 2. The number of nitrogens with two attached hydrogens (primary N) is 1. The van der Waals surface area contributed by atoms with Crippen molar-refractivity contribution in [3.05, 3.63) is 29.3 Å². The molecule has 0 spiro atoms. The molecular weight excluding hydrogens is 411 g/mol. The van der Waals surface area contributed by atoms with E-state index in [1.165, 1.54) is 12.8 Å². The molecule has 0 atom stereocenters. The summed E-state index contributed by atoms with van der Waals surface area (Å²) in [5, 5.41) is 3.19. The Morgan fingerprint density at radius 1 is 1.07 bits per heavy atom. The van der Waals surface area contributed by atoms with E-state index >= 15 is 0 Å². The summed E-state index contributed by atoms with van der Waals surface area (Å²) >= 11 is 0. The van der Waals surface area contributed by atoms with Crippen LogP contribution in [0.1, 0.15) is 48.5 Å². The van der Waals surface area contributed by atoms with Gasteiger partial charge in [0, 0.05) is 43.5 Å². The highest BCUT2D eigenvalue weighted by Crippen LogP contribution is 2.23. The molecule has 0 aromatic heterocycles. The van der Waals surface area contributed by atoms with Gasteiger partial charge in [-0.05, 0) is 56.2 Å². The number of benzene rings is 1. The first-order chi connectivity index (χ1) is 12.9. The first kappa shape index (κ1) is 25.5. The van der Waals surface area contributed by atoms with Gasteiger partial charge in [-0.1, -0.05) is 13.0 Å². The van der Waals surface area contributed by atoms with Gasteiger partial charge >= 0.3 is 0 Å². The fourth-order valence-corrected chi connectivity index (χ4v) is 4.03. The number of carbonyl (C=O) groups excluding carboxylic acids is 2. The van der Waals surface area contributed by atoms with Crippen molar-refractivity contribution >= 4 is 42.3 Å². The largest absolute Gasteiger partial charge is 0.399 e. The molecule has 1 aromatic carbocycles. The SMILES string of the molecule is Cc1ccc(N)cc1C(=O)N1CCN(CC(=O)NC2CCC(C)CC2)CC1.Cl.Cl. The van der Waals surface area contributed by atoms with Gasteiger partial charge in [-0.2, -0.15) is 0 Å². The number of nitrogens with one attached hydrogen (secondary N) is 1. The molecule has 2 amide bonds. The third-order valence-electron chi connectivity index (χ3n) is 5.90. The molecule has 164 valence electrons. The van der Waals surface area contributed by atoms with Gasteiger partial charge in [0.25, 0.3) is 5.91 Å². The summed E-state index contributed by atoms with van der Waals surface area (Å²) in [6, 6.07) is 5.79. The average Bonchev–Trinajstić information content (AvgIpc) is 2.65. The van der Waals surface area contributed by atoms with E-state index in [9.17, 15) is 9.59 Å². The summed E-state index contributed by atoms with van der Waals surface area (Å²) in [4.78, 5) is 29.1. The first-order valence-corrected chi connectivity index (χ1v) is 10.1. The molecule has 1 aliphatic heterocycles. The molecule has 29 heavy (non-hydrogen) atoms. The van der Waals surface area contributed by atoms with Crippen molar-refractivity contribution in [2.75, 3.05) is 38.5 Å². The Morgan fingerprint density at radius 3 is 2.31 bits per heavy atom. The van der Waals surface area contributed by atoms with Gasteiger partial charge in [-0.3, -0.25) is 14.5 Å². The quantitative estimate of drug-likeness (QED) is 0.699. The maximum absolute atomic E-state index is 12.8. The van der Waals surface area contributed by atoms with E-state index in [0.29, 0.717) is 36.9 Å². The van der Waals surface area contributed by atoms with Crippen LogP contribution >= 0.6 is 24.8 Å². The zero-order valence-corrected chi connectivity index (χ0v) is 19.0. The minimum Gasteiger partial charge on any atom is -0.399 e. The van der Waals surface area contributed by atoms with Crippen LogP contribution in [0.15, 0.2) is 18.2 Å². The average molecular weight is 445 g/mol. The number of hydrogen-bond acceptors (Lipinski definition) is 4. The second-order valence-corrected chi connectivity index (χ2v) is 8.17. The van der Waals surface area contributed by atoms with Crippen LogP contribution in [-0.4, -0.2) is 60.4 Å². The molecular formula is C21H34Cl2N4O2. The van der Waals surface area contributed by atoms with Crippen LogP contribution < -0.4 is 11.1 Å². The number of carbonyl (C=O) groups is 2. The lowest BCUT2D eigenvalue weighted by Gasteiger charge is -2.35. The van der Waals surface area contributed by atoms with Crippen LogP contribution in [-0.2, 0) is 4.79 Å². The highest BCUT2D eigenvalue weighted by atomic mass is 35.5. The number of piperazine rings is 1. The summed E-state index contributed by atoms with van der Waals surface area (Å²) in [6.45, 7) is 7.36. The molecule has 0 bridgehead atoms. The zero-order chi connectivity index (χ0) is 19.4. The van der Waals surface area contributed by atoms with Crippen molar-refractivity contribution in [3.63, 3.8) is 0 Å². The second kappa shape index (κ2) is 11.6. The molecule has 8 heteroatoms. The summed E-state index contributed by atoms with van der Waals surface area (Å²) < 4.78 is 0. The molecule has 1 saturated carbocycles. The van der Waals surface area contributed by atoms with E-state index in [-0.39, 0.29) is 36.6 Å². The van der Waals surface area contributed by atoms with E-state index in [1.54, 1.807) is 6.07 Å². The van der Waals surface area contributed by atoms with Crippen molar-refractivity contribution in [3.8, 4) is 0 Å². The number of nitrogen functional groups attached to an aromatic ring is 1. The zero-order valence-electron chi connectivity index (χ0n) is 17.4. The maximum Gasteiger partial charge on any atom is 0.254 e. The van der Waals surface area contributed by atoms with Crippen LogP contribution in [0.2, 0.25) is 0 Å². The van der Waals surface area contributed by atoms with Gasteiger partial charge in [0.1, 0.15) is 0 Å². The van der Waals surface area contributed by atoms with Crippen LogP contribution in [0, 0.1) is 12.8 Å². The third-order valence-corrected chi connectivity index (χ3v) is 5.90. The topological polar surface area (TPSA) is 78.7 Å². The fourth-order valence-electron chi connectivity index (χ4n) is 4.03. The van der Waals surface area contributed by atoms with Crippen molar-refractivity contribution in [2.24, 2.45) is 5.92 Å². The number of aryl methyl sites for hydroxylation is 1. The molecule has 3 rings (SSSR count). The predicted octanol–water partition coefficient (Wildman–Crippen LogP) is 2.87. The van der Waals surface area contributed by atoms with E-state index < -0.39 is 0 Å². The lowest BCUT2D eigenvalue weighted by atomic mass is 9.87. The summed E-state index contributed by atoms with van der Waals surface area (Å²) in [5.74, 6) is 0.925. The number of hydrogen-bond donors (Lipinski definition) is 2. The van der Waals surface area contributed by atoms with Gasteiger partial charge in [0.2, 0.25) is 5.91 Å². The number of halogens is 2. The van der Waals surface area contributed by atoms with Gasteiger partial charge in [-0.15, -0.1) is 24.8 Å². The number of nitrogens with zero attached hydrogens (tertiary/aromatic N) is 2. The summed E-state index contributed by atoms with van der Waals surface area (Å²) in [6.07, 6.45) is 4.59. The minimum absolute atomic E-state index is 0. The van der Waals surface area contributed by atoms with Crippen LogP contribution in [0.25, 0.3) is 0 Å². The van der Waals surface area contributed by atoms with Crippen molar-refractivity contribution in [2.45, 2.75) is 45.6 Å². The Kier molecular flexibility index (Phi) is 10.2. The lowest BCUT2D eigenvalue weighted by Crippen LogP contribution is -2.52. The van der Waals surface area contributed by atoms with E-state index in [4.69, 9.17) is 5.73 Å². The molecule has 0 radical (unpaired) electrons. The Hall–Kier alpha value is -1.50. The van der Waals surface area contributed by atoms with Crippen LogP contribution in [0.4, 0.5) is 5.69 Å².